The number of anilines is 1. The first-order chi connectivity index (χ1) is 14.6. The second-order valence-electron chi connectivity index (χ2n) is 6.88. The zero-order valence-corrected chi connectivity index (χ0v) is 16.9. The van der Waals surface area contributed by atoms with Gasteiger partial charge in [-0.3, -0.25) is 4.79 Å². The molecule has 30 heavy (non-hydrogen) atoms. The van der Waals surface area contributed by atoms with Gasteiger partial charge in [-0.1, -0.05) is 17.7 Å². The topological polar surface area (TPSA) is 58.6 Å². The summed E-state index contributed by atoms with van der Waals surface area (Å²) in [5.41, 5.74) is 1.56. The Kier molecular flexibility index (Phi) is 6.09. The molecule has 1 amide bonds. The monoisotopic (exact) mass is 426 g/mol. The van der Waals surface area contributed by atoms with Crippen molar-refractivity contribution >= 4 is 23.3 Å². The Balaban J connectivity index is 1.33. The number of hydrogen-bond donors (Lipinski definition) is 0. The van der Waals surface area contributed by atoms with E-state index in [0.717, 1.165) is 17.1 Å². The molecule has 1 aliphatic rings. The highest BCUT2D eigenvalue weighted by Crippen LogP contribution is 2.22. The van der Waals surface area contributed by atoms with Crippen molar-refractivity contribution in [3.05, 3.63) is 71.8 Å². The zero-order chi connectivity index (χ0) is 20.9. The van der Waals surface area contributed by atoms with Crippen LogP contribution in [0.3, 0.4) is 0 Å². The van der Waals surface area contributed by atoms with Crippen molar-refractivity contribution in [2.45, 2.75) is 0 Å². The number of hydrogen-bond acceptors (Lipinski definition) is 5. The molecule has 0 bridgehead atoms. The molecule has 4 rings (SSSR count). The minimum absolute atomic E-state index is 0.0252. The molecule has 1 aliphatic heterocycles. The molecule has 1 aromatic heterocycles. The zero-order valence-electron chi connectivity index (χ0n) is 16.2. The van der Waals surface area contributed by atoms with E-state index < -0.39 is 0 Å². The Bertz CT molecular complexity index is 1020. The normalized spacial score (nSPS) is 13.9. The minimum Gasteiger partial charge on any atom is -0.484 e. The molecule has 0 unspecified atom stereocenters. The van der Waals surface area contributed by atoms with Gasteiger partial charge < -0.3 is 14.5 Å². The van der Waals surface area contributed by atoms with Crippen LogP contribution in [0.25, 0.3) is 11.3 Å². The van der Waals surface area contributed by atoms with Crippen LogP contribution in [0.4, 0.5) is 10.2 Å². The van der Waals surface area contributed by atoms with Crippen molar-refractivity contribution in [1.29, 1.82) is 0 Å². The third-order valence-electron chi connectivity index (χ3n) is 4.91. The van der Waals surface area contributed by atoms with Gasteiger partial charge in [0.15, 0.2) is 6.61 Å². The smallest absolute Gasteiger partial charge is 0.260 e. The largest absolute Gasteiger partial charge is 0.484 e. The third kappa shape index (κ3) is 4.86. The summed E-state index contributed by atoms with van der Waals surface area (Å²) in [6.07, 6.45) is 1.50. The number of nitrogens with zero attached hydrogens (tertiary/aromatic N) is 4. The fourth-order valence-corrected chi connectivity index (χ4v) is 3.46. The molecule has 3 aromatic rings. The Hall–Kier alpha value is -3.19. The average Bonchev–Trinajstić information content (AvgIpc) is 2.78. The van der Waals surface area contributed by atoms with E-state index in [1.807, 2.05) is 6.07 Å². The molecule has 0 spiro atoms. The van der Waals surface area contributed by atoms with Gasteiger partial charge in [-0.25, -0.2) is 14.4 Å². The standard InChI is InChI=1S/C22H20ClFN4O2/c23-17-2-1-3-19(12-17)30-14-22(29)28-10-8-27(9-11-28)21-13-20(25-15-26-21)16-4-6-18(24)7-5-16/h1-7,12-13,15H,8-11,14H2. The third-order valence-corrected chi connectivity index (χ3v) is 5.14. The van der Waals surface area contributed by atoms with Crippen LogP contribution in [-0.4, -0.2) is 53.6 Å². The Morgan fingerprint density at radius 3 is 2.53 bits per heavy atom. The van der Waals surface area contributed by atoms with Crippen molar-refractivity contribution in [3.8, 4) is 17.0 Å². The van der Waals surface area contributed by atoms with Gasteiger partial charge in [0.25, 0.3) is 5.91 Å². The number of rotatable bonds is 5. The summed E-state index contributed by atoms with van der Waals surface area (Å²) in [6, 6.07) is 15.1. The summed E-state index contributed by atoms with van der Waals surface area (Å²) in [5, 5.41) is 0.568. The van der Waals surface area contributed by atoms with Gasteiger partial charge in [-0.15, -0.1) is 0 Å². The van der Waals surface area contributed by atoms with E-state index >= 15 is 0 Å². The van der Waals surface area contributed by atoms with Crippen LogP contribution in [-0.2, 0) is 4.79 Å². The van der Waals surface area contributed by atoms with Crippen LogP contribution >= 0.6 is 11.6 Å². The van der Waals surface area contributed by atoms with E-state index in [1.54, 1.807) is 41.3 Å². The molecular formula is C22H20ClFN4O2. The summed E-state index contributed by atoms with van der Waals surface area (Å²) in [6.45, 7) is 2.44. The van der Waals surface area contributed by atoms with Crippen LogP contribution < -0.4 is 9.64 Å². The Labute approximate surface area is 178 Å². The summed E-state index contributed by atoms with van der Waals surface area (Å²) in [5.74, 6) is 1.01. The number of carbonyl (C=O) groups excluding carboxylic acids is 1. The predicted molar refractivity (Wildman–Crippen MR) is 113 cm³/mol. The fraction of sp³-hybridized carbons (Fsp3) is 0.227. The molecule has 6 nitrogen and oxygen atoms in total. The van der Waals surface area contributed by atoms with Crippen molar-refractivity contribution in [2.75, 3.05) is 37.7 Å². The molecule has 0 N–H and O–H groups in total. The molecule has 0 aliphatic carbocycles. The highest BCUT2D eigenvalue weighted by molar-refractivity contribution is 6.30. The molecule has 1 fully saturated rings. The van der Waals surface area contributed by atoms with E-state index in [1.165, 1.54) is 18.5 Å². The summed E-state index contributed by atoms with van der Waals surface area (Å²) in [7, 11) is 0. The lowest BCUT2D eigenvalue weighted by Gasteiger charge is -2.35. The molecular weight excluding hydrogens is 407 g/mol. The lowest BCUT2D eigenvalue weighted by molar-refractivity contribution is -0.133. The van der Waals surface area contributed by atoms with E-state index in [9.17, 15) is 9.18 Å². The first kappa shape index (κ1) is 20.1. The van der Waals surface area contributed by atoms with Crippen LogP contribution in [0.2, 0.25) is 5.02 Å². The van der Waals surface area contributed by atoms with E-state index in [-0.39, 0.29) is 18.3 Å². The summed E-state index contributed by atoms with van der Waals surface area (Å²) in [4.78, 5) is 25.0. The number of ether oxygens (including phenoxy) is 1. The second kappa shape index (κ2) is 9.09. The maximum absolute atomic E-state index is 13.2. The predicted octanol–water partition coefficient (Wildman–Crippen LogP) is 3.66. The van der Waals surface area contributed by atoms with Crippen molar-refractivity contribution in [3.63, 3.8) is 0 Å². The number of piperazine rings is 1. The number of aromatic nitrogens is 2. The highest BCUT2D eigenvalue weighted by atomic mass is 35.5. The maximum Gasteiger partial charge on any atom is 0.260 e. The average molecular weight is 427 g/mol. The number of amides is 1. The van der Waals surface area contributed by atoms with E-state index in [0.29, 0.717) is 37.0 Å². The maximum atomic E-state index is 13.2. The van der Waals surface area contributed by atoms with Crippen molar-refractivity contribution < 1.29 is 13.9 Å². The SMILES string of the molecule is O=C(COc1cccc(Cl)c1)N1CCN(c2cc(-c3ccc(F)cc3)ncn2)CC1. The lowest BCUT2D eigenvalue weighted by Crippen LogP contribution is -2.50. The van der Waals surface area contributed by atoms with Crippen LogP contribution in [0, 0.1) is 5.82 Å². The molecule has 0 saturated carbocycles. The Morgan fingerprint density at radius 1 is 1.03 bits per heavy atom. The minimum atomic E-state index is -0.284. The van der Waals surface area contributed by atoms with Crippen LogP contribution in [0.1, 0.15) is 0 Å². The van der Waals surface area contributed by atoms with Gasteiger partial charge in [0, 0.05) is 42.8 Å². The van der Waals surface area contributed by atoms with Crippen molar-refractivity contribution in [1.82, 2.24) is 14.9 Å². The van der Waals surface area contributed by atoms with Crippen LogP contribution in [0.15, 0.2) is 60.9 Å². The van der Waals surface area contributed by atoms with Gasteiger partial charge in [0.2, 0.25) is 0 Å². The van der Waals surface area contributed by atoms with Gasteiger partial charge in [-0.2, -0.15) is 0 Å². The molecule has 1 saturated heterocycles. The molecule has 0 radical (unpaired) electrons. The molecule has 154 valence electrons. The lowest BCUT2D eigenvalue weighted by atomic mass is 10.1. The fourth-order valence-electron chi connectivity index (χ4n) is 3.28. The van der Waals surface area contributed by atoms with Crippen LogP contribution in [0.5, 0.6) is 5.75 Å². The molecule has 8 heteroatoms. The quantitative estimate of drug-likeness (QED) is 0.623. The first-order valence-corrected chi connectivity index (χ1v) is 9.95. The number of halogens is 2. The molecule has 2 heterocycles. The second-order valence-corrected chi connectivity index (χ2v) is 7.32. The first-order valence-electron chi connectivity index (χ1n) is 9.57. The van der Waals surface area contributed by atoms with Gasteiger partial charge in [-0.05, 0) is 42.5 Å². The van der Waals surface area contributed by atoms with E-state index in [2.05, 4.69) is 14.9 Å². The number of benzene rings is 2. The van der Waals surface area contributed by atoms with Gasteiger partial charge in [0.1, 0.15) is 23.7 Å². The van der Waals surface area contributed by atoms with Crippen molar-refractivity contribution in [2.24, 2.45) is 0 Å². The summed E-state index contributed by atoms with van der Waals surface area (Å²) < 4.78 is 18.7. The van der Waals surface area contributed by atoms with E-state index in [4.69, 9.17) is 16.3 Å². The molecule has 0 atom stereocenters. The van der Waals surface area contributed by atoms with Gasteiger partial charge in [0.05, 0.1) is 5.69 Å². The summed E-state index contributed by atoms with van der Waals surface area (Å²) >= 11 is 5.93. The highest BCUT2D eigenvalue weighted by Gasteiger charge is 2.22. The Morgan fingerprint density at radius 2 is 1.80 bits per heavy atom. The van der Waals surface area contributed by atoms with Gasteiger partial charge >= 0.3 is 0 Å². The number of carbonyl (C=O) groups is 1. The molecule has 2 aromatic carbocycles.